The van der Waals surface area contributed by atoms with E-state index in [2.05, 4.69) is 10.3 Å². The maximum absolute atomic E-state index is 12.7. The van der Waals surface area contributed by atoms with Crippen molar-refractivity contribution in [2.45, 2.75) is 10.7 Å². The molecular formula is C13H9ClF2N2O3S. The predicted molar refractivity (Wildman–Crippen MR) is 76.8 cm³/mol. The summed E-state index contributed by atoms with van der Waals surface area (Å²) in [5, 5.41) is 2.16. The Hall–Kier alpha value is -2.06. The molecule has 1 aromatic carbocycles. The Bertz CT molecular complexity index is 812. The van der Waals surface area contributed by atoms with Gasteiger partial charge in [-0.3, -0.25) is 4.79 Å². The lowest BCUT2D eigenvalue weighted by Crippen LogP contribution is -2.18. The number of hydrogen-bond donors (Lipinski definition) is 1. The number of nitrogens with one attached hydrogen (secondary N) is 1. The van der Waals surface area contributed by atoms with Crippen molar-refractivity contribution in [3.05, 3.63) is 53.3 Å². The summed E-state index contributed by atoms with van der Waals surface area (Å²) < 4.78 is 48.5. The average molecular weight is 347 g/mol. The molecule has 1 heterocycles. The summed E-state index contributed by atoms with van der Waals surface area (Å²) in [4.78, 5) is 15.1. The minimum atomic E-state index is -4.84. The molecule has 9 heteroatoms. The van der Waals surface area contributed by atoms with Crippen LogP contribution in [0.2, 0.25) is 5.15 Å². The van der Waals surface area contributed by atoms with Gasteiger partial charge in [-0.05, 0) is 24.3 Å². The molecule has 1 amide bonds. The number of nitrogens with zero attached hydrogens (tertiary/aromatic N) is 1. The maximum atomic E-state index is 12.7. The van der Waals surface area contributed by atoms with Gasteiger partial charge in [-0.15, -0.1) is 0 Å². The standard InChI is InChI=1S/C13H9ClF2N2O3S/c14-11-8(4-3-7-17-11)12(19)18-9-5-1-2-6-10(9)22(20,21)13(15)16/h1-7,13H,(H,18,19). The number of para-hydroxylation sites is 1. The molecule has 0 aliphatic carbocycles. The van der Waals surface area contributed by atoms with Gasteiger partial charge in [0, 0.05) is 6.20 Å². The van der Waals surface area contributed by atoms with Crippen LogP contribution in [0.4, 0.5) is 14.5 Å². The number of aromatic nitrogens is 1. The molecule has 0 aliphatic rings. The van der Waals surface area contributed by atoms with Crippen molar-refractivity contribution >= 4 is 33.0 Å². The molecule has 5 nitrogen and oxygen atoms in total. The summed E-state index contributed by atoms with van der Waals surface area (Å²) in [6, 6.07) is 7.71. The second-order valence-corrected chi connectivity index (χ2v) is 6.34. The Morgan fingerprint density at radius 3 is 2.50 bits per heavy atom. The van der Waals surface area contributed by atoms with E-state index in [4.69, 9.17) is 11.6 Å². The molecule has 116 valence electrons. The number of sulfone groups is 1. The molecule has 2 rings (SSSR count). The van der Waals surface area contributed by atoms with E-state index in [1.807, 2.05) is 0 Å². The lowest BCUT2D eigenvalue weighted by molar-refractivity contribution is 0.102. The van der Waals surface area contributed by atoms with Gasteiger partial charge in [-0.25, -0.2) is 13.4 Å². The summed E-state index contributed by atoms with van der Waals surface area (Å²) in [7, 11) is -4.84. The molecule has 0 aliphatic heterocycles. The minimum absolute atomic E-state index is 0.00610. The normalized spacial score (nSPS) is 11.5. The SMILES string of the molecule is O=C(Nc1ccccc1S(=O)(=O)C(F)F)c1cccnc1Cl. The number of benzene rings is 1. The van der Waals surface area contributed by atoms with Gasteiger partial charge in [-0.2, -0.15) is 8.78 Å². The van der Waals surface area contributed by atoms with Crippen LogP contribution in [0.1, 0.15) is 10.4 Å². The number of carbonyl (C=O) groups excluding carboxylic acids is 1. The number of alkyl halides is 2. The molecule has 0 radical (unpaired) electrons. The largest absolute Gasteiger partial charge is 0.341 e. The number of halogens is 3. The minimum Gasteiger partial charge on any atom is -0.321 e. The van der Waals surface area contributed by atoms with Crippen LogP contribution in [0.15, 0.2) is 47.5 Å². The van der Waals surface area contributed by atoms with Crippen molar-refractivity contribution in [2.75, 3.05) is 5.32 Å². The first kappa shape index (κ1) is 16.3. The number of anilines is 1. The highest BCUT2D eigenvalue weighted by Gasteiger charge is 2.29. The second-order valence-electron chi connectivity index (χ2n) is 4.10. The molecule has 2 aromatic rings. The van der Waals surface area contributed by atoms with Gasteiger partial charge in [-0.1, -0.05) is 23.7 Å². The number of amides is 1. The van der Waals surface area contributed by atoms with E-state index in [0.29, 0.717) is 0 Å². The van der Waals surface area contributed by atoms with Gasteiger partial charge in [0.05, 0.1) is 16.1 Å². The molecule has 0 atom stereocenters. The fraction of sp³-hybridized carbons (Fsp3) is 0.0769. The van der Waals surface area contributed by atoms with Crippen molar-refractivity contribution < 1.29 is 22.0 Å². The molecule has 0 saturated heterocycles. The van der Waals surface area contributed by atoms with Crippen LogP contribution in [0.5, 0.6) is 0 Å². The lowest BCUT2D eigenvalue weighted by Gasteiger charge is -2.11. The van der Waals surface area contributed by atoms with E-state index in [0.717, 1.165) is 6.07 Å². The highest BCUT2D eigenvalue weighted by atomic mass is 35.5. The molecule has 1 N–H and O–H groups in total. The summed E-state index contributed by atoms with van der Waals surface area (Å²) in [5.74, 6) is -4.34. The van der Waals surface area contributed by atoms with Crippen molar-refractivity contribution in [3.8, 4) is 0 Å². The van der Waals surface area contributed by atoms with Gasteiger partial charge >= 0.3 is 5.76 Å². The number of pyridine rings is 1. The third-order valence-electron chi connectivity index (χ3n) is 2.68. The van der Waals surface area contributed by atoms with Crippen LogP contribution >= 0.6 is 11.6 Å². The van der Waals surface area contributed by atoms with Gasteiger partial charge in [0.1, 0.15) is 5.15 Å². The zero-order valence-electron chi connectivity index (χ0n) is 10.8. The monoisotopic (exact) mass is 346 g/mol. The molecule has 0 bridgehead atoms. The van der Waals surface area contributed by atoms with Crippen LogP contribution in [-0.4, -0.2) is 25.1 Å². The summed E-state index contributed by atoms with van der Waals surface area (Å²) >= 11 is 5.76. The first-order valence-electron chi connectivity index (χ1n) is 5.87. The van der Waals surface area contributed by atoms with Crippen LogP contribution < -0.4 is 5.32 Å². The predicted octanol–water partition coefficient (Wildman–Crippen LogP) is 2.98. The molecule has 0 unspecified atom stereocenters. The van der Waals surface area contributed by atoms with E-state index in [-0.39, 0.29) is 16.4 Å². The van der Waals surface area contributed by atoms with E-state index in [9.17, 15) is 22.0 Å². The first-order valence-corrected chi connectivity index (χ1v) is 7.79. The Balaban J connectivity index is 2.40. The van der Waals surface area contributed by atoms with Crippen molar-refractivity contribution in [1.82, 2.24) is 4.98 Å². The summed E-state index contributed by atoms with van der Waals surface area (Å²) in [6.07, 6.45) is 1.37. The number of rotatable bonds is 4. The average Bonchev–Trinajstić information content (AvgIpc) is 2.47. The van der Waals surface area contributed by atoms with E-state index >= 15 is 0 Å². The topological polar surface area (TPSA) is 76.1 Å². The maximum Gasteiger partial charge on any atom is 0.341 e. The lowest BCUT2D eigenvalue weighted by atomic mass is 10.2. The third kappa shape index (κ3) is 3.23. The first-order chi connectivity index (χ1) is 10.3. The van der Waals surface area contributed by atoms with Gasteiger partial charge in [0.2, 0.25) is 9.84 Å². The zero-order valence-corrected chi connectivity index (χ0v) is 12.4. The number of hydrogen-bond acceptors (Lipinski definition) is 4. The Morgan fingerprint density at radius 1 is 1.18 bits per heavy atom. The zero-order chi connectivity index (χ0) is 16.3. The van der Waals surface area contributed by atoms with Crippen LogP contribution in [0, 0.1) is 0 Å². The Labute approximate surface area is 129 Å². The van der Waals surface area contributed by atoms with E-state index < -0.39 is 26.4 Å². The highest BCUT2D eigenvalue weighted by Crippen LogP contribution is 2.26. The van der Waals surface area contributed by atoms with E-state index in [1.54, 1.807) is 0 Å². The smallest absolute Gasteiger partial charge is 0.321 e. The van der Waals surface area contributed by atoms with Gasteiger partial charge in [0.25, 0.3) is 5.91 Å². The van der Waals surface area contributed by atoms with E-state index in [1.165, 1.54) is 36.5 Å². The van der Waals surface area contributed by atoms with Crippen molar-refractivity contribution in [3.63, 3.8) is 0 Å². The molecule has 0 saturated carbocycles. The Morgan fingerprint density at radius 2 is 1.86 bits per heavy atom. The summed E-state index contributed by atoms with van der Waals surface area (Å²) in [5.41, 5.74) is -0.263. The quantitative estimate of drug-likeness (QED) is 0.863. The highest BCUT2D eigenvalue weighted by molar-refractivity contribution is 7.91. The molecule has 22 heavy (non-hydrogen) atoms. The summed E-state index contributed by atoms with van der Waals surface area (Å²) in [6.45, 7) is 0. The Kier molecular flexibility index (Phi) is 4.72. The van der Waals surface area contributed by atoms with Crippen molar-refractivity contribution in [2.24, 2.45) is 0 Å². The third-order valence-corrected chi connectivity index (χ3v) is 4.42. The second kappa shape index (κ2) is 6.37. The molecular weight excluding hydrogens is 338 g/mol. The molecule has 0 spiro atoms. The van der Waals surface area contributed by atoms with Crippen LogP contribution in [-0.2, 0) is 9.84 Å². The van der Waals surface area contributed by atoms with Crippen LogP contribution in [0.3, 0.4) is 0 Å². The fourth-order valence-corrected chi connectivity index (χ4v) is 2.75. The number of carbonyl (C=O) groups is 1. The molecule has 1 aromatic heterocycles. The van der Waals surface area contributed by atoms with Crippen molar-refractivity contribution in [1.29, 1.82) is 0 Å². The fourth-order valence-electron chi connectivity index (χ4n) is 1.66. The molecule has 0 fully saturated rings. The van der Waals surface area contributed by atoms with Gasteiger partial charge < -0.3 is 5.32 Å². The van der Waals surface area contributed by atoms with Crippen LogP contribution in [0.25, 0.3) is 0 Å². The van der Waals surface area contributed by atoms with Gasteiger partial charge in [0.15, 0.2) is 0 Å².